The summed E-state index contributed by atoms with van der Waals surface area (Å²) in [5.41, 5.74) is 5.34. The van der Waals surface area contributed by atoms with E-state index < -0.39 is 31.9 Å². The molecule has 0 radical (unpaired) electrons. The first-order chi connectivity index (χ1) is 8.85. The van der Waals surface area contributed by atoms with Gasteiger partial charge in [-0.1, -0.05) is 11.6 Å². The normalized spacial score (nSPS) is 24.3. The van der Waals surface area contributed by atoms with E-state index in [2.05, 4.69) is 0 Å². The number of aromatic hydroxyl groups is 1. The smallest absolute Gasteiger partial charge is 0.189 e. The summed E-state index contributed by atoms with van der Waals surface area (Å²) in [6.07, 6.45) is -1.65. The van der Waals surface area contributed by atoms with Gasteiger partial charge in [-0.3, -0.25) is 0 Å². The van der Waals surface area contributed by atoms with E-state index in [-0.39, 0.29) is 30.3 Å². The molecule has 8 heteroatoms. The zero-order valence-corrected chi connectivity index (χ0v) is 11.4. The third-order valence-corrected chi connectivity index (χ3v) is 5.76. The molecule has 1 aliphatic rings. The molecule has 1 heterocycles. The first kappa shape index (κ1) is 14.4. The van der Waals surface area contributed by atoms with Crippen LogP contribution in [0.1, 0.15) is 6.42 Å². The van der Waals surface area contributed by atoms with Crippen LogP contribution in [0.4, 0.5) is 10.1 Å². The van der Waals surface area contributed by atoms with E-state index in [1.54, 1.807) is 0 Å². The van der Waals surface area contributed by atoms with Crippen molar-refractivity contribution >= 4 is 27.1 Å². The number of benzene rings is 1. The summed E-state index contributed by atoms with van der Waals surface area (Å²) in [6, 6.07) is 2.55. The molecule has 1 fully saturated rings. The SMILES string of the molecule is Nc1ccc(Cl)c(S(=O)(=O)[C@H]2CCOC[C@@H]2F)c1O. The molecule has 3 N–H and O–H groups in total. The highest BCUT2D eigenvalue weighted by molar-refractivity contribution is 7.92. The lowest BCUT2D eigenvalue weighted by Gasteiger charge is -2.26. The van der Waals surface area contributed by atoms with Crippen LogP contribution < -0.4 is 5.73 Å². The molecule has 0 bridgehead atoms. The largest absolute Gasteiger partial charge is 0.504 e. The third kappa shape index (κ3) is 2.50. The lowest BCUT2D eigenvalue weighted by molar-refractivity contribution is 0.0390. The number of rotatable bonds is 2. The molecule has 0 unspecified atom stereocenters. The molecular weight excluding hydrogens is 297 g/mol. The first-order valence-electron chi connectivity index (χ1n) is 5.58. The molecule has 0 amide bonds. The van der Waals surface area contributed by atoms with Crippen LogP contribution in [0.25, 0.3) is 0 Å². The predicted octanol–water partition coefficient (Wildman–Crippen LogP) is 1.53. The van der Waals surface area contributed by atoms with Gasteiger partial charge in [0.15, 0.2) is 15.6 Å². The van der Waals surface area contributed by atoms with Gasteiger partial charge in [-0.2, -0.15) is 0 Å². The van der Waals surface area contributed by atoms with Gasteiger partial charge in [-0.15, -0.1) is 0 Å². The zero-order valence-electron chi connectivity index (χ0n) is 9.84. The van der Waals surface area contributed by atoms with E-state index in [4.69, 9.17) is 22.1 Å². The summed E-state index contributed by atoms with van der Waals surface area (Å²) < 4.78 is 43.4. The van der Waals surface area contributed by atoms with E-state index in [0.29, 0.717) is 0 Å². The highest BCUT2D eigenvalue weighted by Crippen LogP contribution is 2.39. The monoisotopic (exact) mass is 309 g/mol. The summed E-state index contributed by atoms with van der Waals surface area (Å²) in [6.45, 7) is -0.143. The van der Waals surface area contributed by atoms with Crippen molar-refractivity contribution in [2.75, 3.05) is 18.9 Å². The molecule has 1 aromatic carbocycles. The molecule has 0 aromatic heterocycles. The van der Waals surface area contributed by atoms with Crippen molar-refractivity contribution in [1.29, 1.82) is 0 Å². The van der Waals surface area contributed by atoms with Crippen molar-refractivity contribution in [2.45, 2.75) is 22.7 Å². The number of ether oxygens (including phenoxy) is 1. The maximum atomic E-state index is 13.7. The second-order valence-electron chi connectivity index (χ2n) is 4.28. The number of sulfone groups is 1. The fourth-order valence-corrected chi connectivity index (χ4v) is 4.40. The van der Waals surface area contributed by atoms with Gasteiger partial charge in [0.1, 0.15) is 16.3 Å². The van der Waals surface area contributed by atoms with Crippen LogP contribution in [0.15, 0.2) is 17.0 Å². The molecule has 1 aromatic rings. The minimum absolute atomic E-state index is 0.00800. The minimum Gasteiger partial charge on any atom is -0.504 e. The molecule has 1 aliphatic heterocycles. The lowest BCUT2D eigenvalue weighted by Crippen LogP contribution is -2.39. The fraction of sp³-hybridized carbons (Fsp3) is 0.455. The lowest BCUT2D eigenvalue weighted by atomic mass is 10.2. The average Bonchev–Trinajstić information content (AvgIpc) is 2.34. The Morgan fingerprint density at radius 2 is 2.16 bits per heavy atom. The van der Waals surface area contributed by atoms with Crippen LogP contribution >= 0.6 is 11.6 Å². The molecule has 0 spiro atoms. The van der Waals surface area contributed by atoms with Gasteiger partial charge in [-0.05, 0) is 18.6 Å². The standard InChI is InChI=1S/C11H13ClFNO4S/c12-6-1-2-8(14)10(15)11(6)19(16,17)9-3-4-18-5-7(9)13/h1-2,7,9,15H,3-5,14H2/t7-,9-/m0/s1. The summed E-state index contributed by atoms with van der Waals surface area (Å²) in [7, 11) is -4.11. The molecule has 5 nitrogen and oxygen atoms in total. The summed E-state index contributed by atoms with van der Waals surface area (Å²) in [4.78, 5) is -0.510. The molecule has 19 heavy (non-hydrogen) atoms. The molecular formula is C11H13ClFNO4S. The van der Waals surface area contributed by atoms with Crippen LogP contribution in [0, 0.1) is 0 Å². The summed E-state index contributed by atoms with van der Waals surface area (Å²) in [5, 5.41) is 8.33. The number of halogens is 2. The number of nitrogen functional groups attached to an aromatic ring is 1. The fourth-order valence-electron chi connectivity index (χ4n) is 2.02. The number of nitrogens with two attached hydrogens (primary N) is 1. The predicted molar refractivity (Wildman–Crippen MR) is 68.8 cm³/mol. The Morgan fingerprint density at radius 1 is 1.47 bits per heavy atom. The first-order valence-corrected chi connectivity index (χ1v) is 7.50. The zero-order chi connectivity index (χ0) is 14.2. The number of hydrogen-bond donors (Lipinski definition) is 2. The molecule has 0 aliphatic carbocycles. The van der Waals surface area contributed by atoms with Crippen LogP contribution in [-0.4, -0.2) is 38.2 Å². The topological polar surface area (TPSA) is 89.6 Å². The number of alkyl halides is 1. The Kier molecular flexibility index (Phi) is 3.89. The van der Waals surface area contributed by atoms with Crippen LogP contribution in [0.3, 0.4) is 0 Å². The van der Waals surface area contributed by atoms with E-state index in [1.165, 1.54) is 12.1 Å². The van der Waals surface area contributed by atoms with Crippen LogP contribution in [0.2, 0.25) is 5.02 Å². The second-order valence-corrected chi connectivity index (χ2v) is 6.79. The van der Waals surface area contributed by atoms with Gasteiger partial charge in [0.2, 0.25) is 0 Å². The molecule has 1 saturated heterocycles. The molecule has 2 rings (SSSR count). The number of phenols is 1. The van der Waals surface area contributed by atoms with Crippen molar-refractivity contribution in [3.8, 4) is 5.75 Å². The molecule has 106 valence electrons. The Hall–Kier alpha value is -1.05. The highest BCUT2D eigenvalue weighted by Gasteiger charge is 2.40. The minimum atomic E-state index is -4.11. The third-order valence-electron chi connectivity index (χ3n) is 3.02. The maximum Gasteiger partial charge on any atom is 0.189 e. The Bertz CT molecular complexity index is 593. The van der Waals surface area contributed by atoms with E-state index in [9.17, 15) is 17.9 Å². The number of phenolic OH excluding ortho intramolecular Hbond substituents is 1. The van der Waals surface area contributed by atoms with Crippen molar-refractivity contribution < 1.29 is 22.7 Å². The van der Waals surface area contributed by atoms with Gasteiger partial charge in [0.25, 0.3) is 0 Å². The van der Waals surface area contributed by atoms with Gasteiger partial charge >= 0.3 is 0 Å². The Balaban J connectivity index is 2.53. The van der Waals surface area contributed by atoms with Crippen molar-refractivity contribution in [1.82, 2.24) is 0 Å². The number of anilines is 1. The van der Waals surface area contributed by atoms with E-state index >= 15 is 0 Å². The summed E-state index contributed by atoms with van der Waals surface area (Å²) >= 11 is 5.80. The van der Waals surface area contributed by atoms with Crippen molar-refractivity contribution in [2.24, 2.45) is 0 Å². The van der Waals surface area contributed by atoms with Gasteiger partial charge in [-0.25, -0.2) is 12.8 Å². The maximum absolute atomic E-state index is 13.7. The van der Waals surface area contributed by atoms with Crippen molar-refractivity contribution in [3.63, 3.8) is 0 Å². The van der Waals surface area contributed by atoms with Gasteiger partial charge in [0.05, 0.1) is 17.3 Å². The average molecular weight is 310 g/mol. The number of hydrogen-bond acceptors (Lipinski definition) is 5. The molecule has 2 atom stereocenters. The van der Waals surface area contributed by atoms with E-state index in [0.717, 1.165) is 0 Å². The Labute approximate surface area is 115 Å². The Morgan fingerprint density at radius 3 is 2.79 bits per heavy atom. The van der Waals surface area contributed by atoms with Gasteiger partial charge < -0.3 is 15.6 Å². The highest BCUT2D eigenvalue weighted by atomic mass is 35.5. The van der Waals surface area contributed by atoms with Crippen molar-refractivity contribution in [3.05, 3.63) is 17.2 Å². The quantitative estimate of drug-likeness (QED) is 0.639. The van der Waals surface area contributed by atoms with Crippen LogP contribution in [-0.2, 0) is 14.6 Å². The van der Waals surface area contributed by atoms with E-state index in [1.807, 2.05) is 0 Å². The second kappa shape index (κ2) is 5.15. The van der Waals surface area contributed by atoms with Crippen LogP contribution in [0.5, 0.6) is 5.75 Å². The molecule has 0 saturated carbocycles. The van der Waals surface area contributed by atoms with Gasteiger partial charge in [0, 0.05) is 6.61 Å². The summed E-state index contributed by atoms with van der Waals surface area (Å²) in [5.74, 6) is -0.633.